The lowest BCUT2D eigenvalue weighted by Gasteiger charge is -2.20. The Balaban J connectivity index is 1.86. The van der Waals surface area contributed by atoms with Gasteiger partial charge in [-0.1, -0.05) is 19.9 Å². The van der Waals surface area contributed by atoms with E-state index < -0.39 is 11.6 Å². The van der Waals surface area contributed by atoms with Gasteiger partial charge in [0.2, 0.25) is 0 Å². The van der Waals surface area contributed by atoms with Crippen LogP contribution in [0.4, 0.5) is 8.78 Å². The van der Waals surface area contributed by atoms with E-state index in [1.54, 1.807) is 6.07 Å². The number of rotatable bonds is 6. The van der Waals surface area contributed by atoms with Crippen LogP contribution in [0.15, 0.2) is 18.2 Å². The molecule has 2 rings (SSSR count). The minimum atomic E-state index is -0.507. The molecule has 100 valence electrons. The first-order valence-corrected chi connectivity index (χ1v) is 6.73. The van der Waals surface area contributed by atoms with Crippen LogP contribution in [-0.4, -0.2) is 12.6 Å². The molecule has 0 amide bonds. The Hall–Kier alpha value is -0.960. The van der Waals surface area contributed by atoms with Gasteiger partial charge in [0.1, 0.15) is 11.6 Å². The number of nitrogens with one attached hydrogen (secondary N) is 1. The summed E-state index contributed by atoms with van der Waals surface area (Å²) < 4.78 is 26.4. The molecule has 1 aliphatic rings. The fraction of sp³-hybridized carbons (Fsp3) is 0.600. The second kappa shape index (κ2) is 5.79. The molecule has 1 aromatic carbocycles. The van der Waals surface area contributed by atoms with Gasteiger partial charge in [0, 0.05) is 12.1 Å². The van der Waals surface area contributed by atoms with Gasteiger partial charge in [0.05, 0.1) is 0 Å². The van der Waals surface area contributed by atoms with Crippen molar-refractivity contribution in [2.45, 2.75) is 39.2 Å². The van der Waals surface area contributed by atoms with Gasteiger partial charge in [0.15, 0.2) is 0 Å². The van der Waals surface area contributed by atoms with Crippen molar-refractivity contribution in [3.05, 3.63) is 35.4 Å². The third-order valence-electron chi connectivity index (χ3n) is 3.83. The van der Waals surface area contributed by atoms with Crippen LogP contribution in [0.5, 0.6) is 0 Å². The fourth-order valence-electron chi connectivity index (χ4n) is 2.08. The van der Waals surface area contributed by atoms with Gasteiger partial charge in [-0.2, -0.15) is 0 Å². The van der Waals surface area contributed by atoms with Crippen LogP contribution in [0, 0.1) is 23.5 Å². The summed E-state index contributed by atoms with van der Waals surface area (Å²) in [5.41, 5.74) is 0.613. The Morgan fingerprint density at radius 1 is 1.22 bits per heavy atom. The molecule has 1 aliphatic carbocycles. The summed E-state index contributed by atoms with van der Waals surface area (Å²) in [6, 6.07) is 4.57. The maximum Gasteiger partial charge on any atom is 0.129 e. The van der Waals surface area contributed by atoms with Crippen LogP contribution in [0.25, 0.3) is 0 Å². The Morgan fingerprint density at radius 2 is 1.94 bits per heavy atom. The normalized spacial score (nSPS) is 18.7. The highest BCUT2D eigenvalue weighted by molar-refractivity contribution is 5.19. The first-order chi connectivity index (χ1) is 8.56. The SMILES string of the molecule is CC(CNC1CC1)C(C)Cc1ccc(F)cc1F. The highest BCUT2D eigenvalue weighted by Crippen LogP contribution is 2.22. The lowest BCUT2D eigenvalue weighted by Crippen LogP contribution is -2.27. The van der Waals surface area contributed by atoms with Gasteiger partial charge in [0.25, 0.3) is 0 Å². The molecule has 0 saturated heterocycles. The summed E-state index contributed by atoms with van der Waals surface area (Å²) >= 11 is 0. The molecule has 1 aromatic rings. The van der Waals surface area contributed by atoms with Gasteiger partial charge in [-0.25, -0.2) is 8.78 Å². The topological polar surface area (TPSA) is 12.0 Å². The zero-order valence-corrected chi connectivity index (χ0v) is 11.0. The minimum absolute atomic E-state index is 0.385. The summed E-state index contributed by atoms with van der Waals surface area (Å²) in [7, 11) is 0. The van der Waals surface area contributed by atoms with Gasteiger partial charge >= 0.3 is 0 Å². The molecule has 0 bridgehead atoms. The van der Waals surface area contributed by atoms with Gasteiger partial charge in [-0.05, 0) is 49.3 Å². The lowest BCUT2D eigenvalue weighted by molar-refractivity contribution is 0.360. The van der Waals surface area contributed by atoms with Crippen molar-refractivity contribution >= 4 is 0 Å². The van der Waals surface area contributed by atoms with E-state index in [2.05, 4.69) is 19.2 Å². The predicted molar refractivity (Wildman–Crippen MR) is 69.4 cm³/mol. The lowest BCUT2D eigenvalue weighted by atomic mass is 9.89. The number of hydrogen-bond acceptors (Lipinski definition) is 1. The summed E-state index contributed by atoms with van der Waals surface area (Å²) in [6.45, 7) is 5.29. The first kappa shape index (κ1) is 13.5. The summed E-state index contributed by atoms with van der Waals surface area (Å²) in [5, 5.41) is 3.49. The molecule has 2 unspecified atom stereocenters. The molecule has 3 heteroatoms. The Morgan fingerprint density at radius 3 is 2.56 bits per heavy atom. The maximum absolute atomic E-state index is 13.5. The van der Waals surface area contributed by atoms with Gasteiger partial charge in [-0.15, -0.1) is 0 Å². The Bertz CT molecular complexity index is 401. The van der Waals surface area contributed by atoms with Crippen LogP contribution in [0.2, 0.25) is 0 Å². The standard InChI is InChI=1S/C15H21F2N/c1-10(11(2)9-18-14-5-6-14)7-12-3-4-13(16)8-15(12)17/h3-4,8,10-11,14,18H,5-7,9H2,1-2H3. The number of benzene rings is 1. The van der Waals surface area contributed by atoms with E-state index in [0.29, 0.717) is 29.9 Å². The molecule has 0 aliphatic heterocycles. The molecule has 1 saturated carbocycles. The number of hydrogen-bond donors (Lipinski definition) is 1. The molecule has 2 atom stereocenters. The average molecular weight is 253 g/mol. The predicted octanol–water partition coefficient (Wildman–Crippen LogP) is 3.53. The fourth-order valence-corrected chi connectivity index (χ4v) is 2.08. The van der Waals surface area contributed by atoms with Crippen molar-refractivity contribution in [3.8, 4) is 0 Å². The van der Waals surface area contributed by atoms with E-state index in [0.717, 1.165) is 12.6 Å². The molecule has 0 heterocycles. The van der Waals surface area contributed by atoms with Crippen LogP contribution in [-0.2, 0) is 6.42 Å². The van der Waals surface area contributed by atoms with E-state index in [9.17, 15) is 8.78 Å². The third-order valence-corrected chi connectivity index (χ3v) is 3.83. The van der Waals surface area contributed by atoms with Crippen molar-refractivity contribution in [3.63, 3.8) is 0 Å². The summed E-state index contributed by atoms with van der Waals surface area (Å²) in [4.78, 5) is 0. The third kappa shape index (κ3) is 3.77. The monoisotopic (exact) mass is 253 g/mol. The zero-order chi connectivity index (χ0) is 13.1. The molecule has 18 heavy (non-hydrogen) atoms. The first-order valence-electron chi connectivity index (χ1n) is 6.73. The van der Waals surface area contributed by atoms with E-state index in [1.807, 2.05) is 0 Å². The quantitative estimate of drug-likeness (QED) is 0.817. The largest absolute Gasteiger partial charge is 0.314 e. The smallest absolute Gasteiger partial charge is 0.129 e. The van der Waals surface area contributed by atoms with E-state index in [1.165, 1.54) is 18.9 Å². The van der Waals surface area contributed by atoms with Crippen molar-refractivity contribution in [1.82, 2.24) is 5.32 Å². The Kier molecular flexibility index (Phi) is 4.33. The summed E-state index contributed by atoms with van der Waals surface area (Å²) in [5.74, 6) is -0.0529. The molecule has 1 nitrogen and oxygen atoms in total. The molecule has 0 spiro atoms. The molecular weight excluding hydrogens is 232 g/mol. The van der Waals surface area contributed by atoms with E-state index in [-0.39, 0.29) is 0 Å². The van der Waals surface area contributed by atoms with E-state index in [4.69, 9.17) is 0 Å². The highest BCUT2D eigenvalue weighted by atomic mass is 19.1. The van der Waals surface area contributed by atoms with Gasteiger partial charge < -0.3 is 5.32 Å². The van der Waals surface area contributed by atoms with Crippen LogP contribution in [0.1, 0.15) is 32.3 Å². The van der Waals surface area contributed by atoms with Crippen molar-refractivity contribution in [2.24, 2.45) is 11.8 Å². The zero-order valence-electron chi connectivity index (χ0n) is 11.0. The molecule has 0 aromatic heterocycles. The summed E-state index contributed by atoms with van der Waals surface area (Å²) in [6.07, 6.45) is 3.24. The van der Waals surface area contributed by atoms with Crippen molar-refractivity contribution in [1.29, 1.82) is 0 Å². The van der Waals surface area contributed by atoms with Crippen LogP contribution in [0.3, 0.4) is 0 Å². The molecular formula is C15H21F2N. The van der Waals surface area contributed by atoms with Gasteiger partial charge in [-0.3, -0.25) is 0 Å². The Labute approximate surface area is 108 Å². The van der Waals surface area contributed by atoms with Crippen LogP contribution >= 0.6 is 0 Å². The van der Waals surface area contributed by atoms with E-state index >= 15 is 0 Å². The molecule has 0 radical (unpaired) electrons. The van der Waals surface area contributed by atoms with Crippen molar-refractivity contribution in [2.75, 3.05) is 6.54 Å². The highest BCUT2D eigenvalue weighted by Gasteiger charge is 2.22. The second-order valence-electron chi connectivity index (χ2n) is 5.58. The molecule has 1 N–H and O–H groups in total. The average Bonchev–Trinajstić information content (AvgIpc) is 3.13. The van der Waals surface area contributed by atoms with Crippen molar-refractivity contribution < 1.29 is 8.78 Å². The number of halogens is 2. The second-order valence-corrected chi connectivity index (χ2v) is 5.58. The maximum atomic E-state index is 13.5. The molecule has 1 fully saturated rings. The minimum Gasteiger partial charge on any atom is -0.314 e. The van der Waals surface area contributed by atoms with Crippen LogP contribution < -0.4 is 5.32 Å².